The van der Waals surface area contributed by atoms with Crippen LogP contribution >= 0.6 is 0 Å². The molecular formula is C19H19F2NO3S. The van der Waals surface area contributed by atoms with Crippen molar-refractivity contribution in [1.29, 1.82) is 0 Å². The number of allylic oxidation sites excluding steroid dienone is 1. The first-order chi connectivity index (χ1) is 12.2. The van der Waals surface area contributed by atoms with Gasteiger partial charge in [-0.15, -0.1) is 0 Å². The van der Waals surface area contributed by atoms with Crippen molar-refractivity contribution >= 4 is 16.1 Å². The molecule has 0 spiro atoms. The number of rotatable bonds is 4. The van der Waals surface area contributed by atoms with Crippen LogP contribution < -0.4 is 4.74 Å². The Hall–Kier alpha value is -2.41. The lowest BCUT2D eigenvalue weighted by atomic mass is 9.80. The minimum absolute atomic E-state index is 0.283. The molecule has 0 aromatic heterocycles. The van der Waals surface area contributed by atoms with Gasteiger partial charge in [-0.05, 0) is 41.8 Å². The number of hydrogen-bond acceptors (Lipinski definition) is 3. The summed E-state index contributed by atoms with van der Waals surface area (Å²) in [5.74, 6) is -1.11. The van der Waals surface area contributed by atoms with Gasteiger partial charge in [0.1, 0.15) is 17.4 Å². The third kappa shape index (κ3) is 3.44. The van der Waals surface area contributed by atoms with E-state index < -0.39 is 27.6 Å². The van der Waals surface area contributed by atoms with Gasteiger partial charge in [-0.1, -0.05) is 12.1 Å². The highest BCUT2D eigenvalue weighted by Gasteiger charge is 2.30. The molecule has 0 saturated carbocycles. The van der Waals surface area contributed by atoms with Gasteiger partial charge in [0.2, 0.25) is 10.0 Å². The number of halogens is 2. The average molecular weight is 379 g/mol. The number of sulfonamides is 1. The summed E-state index contributed by atoms with van der Waals surface area (Å²) in [5.41, 5.74) is 1.98. The highest BCUT2D eigenvalue weighted by atomic mass is 32.2. The lowest BCUT2D eigenvalue weighted by Gasteiger charge is -2.31. The maximum Gasteiger partial charge on any atom is 0.231 e. The fourth-order valence-corrected chi connectivity index (χ4v) is 3.75. The number of nitrogens with zero attached hydrogens (tertiary/aromatic N) is 1. The van der Waals surface area contributed by atoms with Gasteiger partial charge in [0.25, 0.3) is 0 Å². The van der Waals surface area contributed by atoms with Crippen LogP contribution in [0.1, 0.15) is 29.0 Å². The van der Waals surface area contributed by atoms with Gasteiger partial charge in [-0.25, -0.2) is 17.2 Å². The summed E-state index contributed by atoms with van der Waals surface area (Å²) in [6.07, 6.45) is 2.91. The Bertz CT molecular complexity index is 969. The van der Waals surface area contributed by atoms with E-state index in [0.29, 0.717) is 22.6 Å². The van der Waals surface area contributed by atoms with Gasteiger partial charge in [-0.3, -0.25) is 4.31 Å². The van der Waals surface area contributed by atoms with E-state index in [1.165, 1.54) is 19.2 Å². The third-order valence-electron chi connectivity index (χ3n) is 4.63. The number of hydrogen-bond donors (Lipinski definition) is 0. The highest BCUT2D eigenvalue weighted by Crippen LogP contribution is 2.41. The summed E-state index contributed by atoms with van der Waals surface area (Å²) in [6, 6.07) is 9.21. The van der Waals surface area contributed by atoms with Gasteiger partial charge >= 0.3 is 0 Å². The van der Waals surface area contributed by atoms with Gasteiger partial charge in [0.15, 0.2) is 0 Å². The van der Waals surface area contributed by atoms with Crippen molar-refractivity contribution in [2.45, 2.75) is 12.3 Å². The molecule has 1 atom stereocenters. The second kappa shape index (κ2) is 6.72. The Balaban J connectivity index is 2.15. The summed E-state index contributed by atoms with van der Waals surface area (Å²) in [7, 11) is -0.496. The Kier molecular flexibility index (Phi) is 4.75. The molecule has 1 unspecified atom stereocenters. The topological polar surface area (TPSA) is 46.6 Å². The Labute approximate surface area is 151 Å². The van der Waals surface area contributed by atoms with E-state index in [2.05, 4.69) is 0 Å². The molecule has 26 heavy (non-hydrogen) atoms. The first kappa shape index (κ1) is 18.4. The second-order valence-electron chi connectivity index (χ2n) is 6.29. The molecular weight excluding hydrogens is 360 g/mol. The van der Waals surface area contributed by atoms with E-state index in [0.717, 1.165) is 22.2 Å². The number of ether oxygens (including phenoxy) is 1. The lowest BCUT2D eigenvalue weighted by molar-refractivity contribution is 0.414. The van der Waals surface area contributed by atoms with Crippen molar-refractivity contribution in [2.75, 3.05) is 20.4 Å². The quantitative estimate of drug-likeness (QED) is 0.813. The van der Waals surface area contributed by atoms with Crippen molar-refractivity contribution in [3.63, 3.8) is 0 Å². The zero-order valence-corrected chi connectivity index (χ0v) is 15.5. The van der Waals surface area contributed by atoms with Crippen LogP contribution in [0.15, 0.2) is 42.1 Å². The molecule has 4 nitrogen and oxygen atoms in total. The van der Waals surface area contributed by atoms with Crippen LogP contribution in [0.25, 0.3) is 6.08 Å². The molecule has 0 N–H and O–H groups in total. The van der Waals surface area contributed by atoms with E-state index in [9.17, 15) is 17.2 Å². The molecule has 138 valence electrons. The Morgan fingerprint density at radius 2 is 1.81 bits per heavy atom. The molecule has 0 saturated heterocycles. The zero-order valence-electron chi connectivity index (χ0n) is 14.7. The molecule has 0 bridgehead atoms. The van der Waals surface area contributed by atoms with E-state index in [-0.39, 0.29) is 6.42 Å². The summed E-state index contributed by atoms with van der Waals surface area (Å²) in [4.78, 5) is 0. The first-order valence-electron chi connectivity index (χ1n) is 7.98. The number of methoxy groups -OCH3 is 1. The van der Waals surface area contributed by atoms with Gasteiger partial charge in [-0.2, -0.15) is 0 Å². The standard InChI is InChI=1S/C19H19F2NO3S/c1-22(26(3,23)24)15-9-13-8-14(20)10-18(21)19(13)17(11-15)12-4-6-16(25-2)7-5-12/h4-10,17H,11H2,1-3H3. The monoisotopic (exact) mass is 379 g/mol. The maximum absolute atomic E-state index is 14.5. The van der Waals surface area contributed by atoms with Gasteiger partial charge in [0, 0.05) is 30.3 Å². The summed E-state index contributed by atoms with van der Waals surface area (Å²) in [6.45, 7) is 0. The van der Waals surface area contributed by atoms with E-state index in [4.69, 9.17) is 4.74 Å². The van der Waals surface area contributed by atoms with E-state index >= 15 is 0 Å². The lowest BCUT2D eigenvalue weighted by Crippen LogP contribution is -2.28. The summed E-state index contributed by atoms with van der Waals surface area (Å²) < 4.78 is 58.4. The highest BCUT2D eigenvalue weighted by molar-refractivity contribution is 7.88. The Morgan fingerprint density at radius 1 is 1.15 bits per heavy atom. The van der Waals surface area contributed by atoms with Crippen LogP contribution in [0.2, 0.25) is 0 Å². The normalized spacial score (nSPS) is 16.7. The predicted molar refractivity (Wildman–Crippen MR) is 96.4 cm³/mol. The number of fused-ring (bicyclic) bond motifs is 1. The zero-order chi connectivity index (χ0) is 19.1. The molecule has 1 aliphatic carbocycles. The molecule has 0 amide bonds. The molecule has 2 aromatic carbocycles. The Morgan fingerprint density at radius 3 is 2.38 bits per heavy atom. The molecule has 7 heteroatoms. The van der Waals surface area contributed by atoms with Crippen LogP contribution in [0.4, 0.5) is 8.78 Å². The molecule has 1 aliphatic rings. The van der Waals surface area contributed by atoms with Crippen molar-refractivity contribution in [3.8, 4) is 5.75 Å². The smallest absolute Gasteiger partial charge is 0.231 e. The van der Waals surface area contributed by atoms with E-state index in [1.807, 2.05) is 0 Å². The molecule has 0 radical (unpaired) electrons. The van der Waals surface area contributed by atoms with Crippen molar-refractivity contribution in [3.05, 3.63) is 70.4 Å². The maximum atomic E-state index is 14.5. The summed E-state index contributed by atoms with van der Waals surface area (Å²) >= 11 is 0. The molecule has 0 heterocycles. The van der Waals surface area contributed by atoms with Crippen LogP contribution in [0.5, 0.6) is 5.75 Å². The minimum atomic E-state index is -3.48. The molecule has 2 aromatic rings. The molecule has 3 rings (SSSR count). The van der Waals surface area contributed by atoms with Crippen molar-refractivity contribution in [1.82, 2.24) is 4.31 Å². The predicted octanol–water partition coefficient (Wildman–Crippen LogP) is 3.74. The third-order valence-corrected chi connectivity index (χ3v) is 5.86. The van der Waals surface area contributed by atoms with Crippen LogP contribution in [0.3, 0.4) is 0 Å². The fourth-order valence-electron chi connectivity index (χ4n) is 3.19. The largest absolute Gasteiger partial charge is 0.497 e. The van der Waals surface area contributed by atoms with Crippen molar-refractivity contribution in [2.24, 2.45) is 0 Å². The molecule has 0 aliphatic heterocycles. The van der Waals surface area contributed by atoms with Gasteiger partial charge in [0.05, 0.1) is 13.4 Å². The fraction of sp³-hybridized carbons (Fsp3) is 0.263. The van der Waals surface area contributed by atoms with Gasteiger partial charge < -0.3 is 4.74 Å². The van der Waals surface area contributed by atoms with E-state index in [1.54, 1.807) is 31.4 Å². The van der Waals surface area contributed by atoms with Crippen LogP contribution in [0, 0.1) is 11.6 Å². The summed E-state index contributed by atoms with van der Waals surface area (Å²) in [5, 5.41) is 0. The van der Waals surface area contributed by atoms with Crippen LogP contribution in [-0.4, -0.2) is 33.1 Å². The average Bonchev–Trinajstić information content (AvgIpc) is 2.59. The van der Waals surface area contributed by atoms with Crippen LogP contribution in [-0.2, 0) is 10.0 Å². The SMILES string of the molecule is COc1ccc(C2CC(N(C)S(C)(=O)=O)=Cc3cc(F)cc(F)c32)cc1. The number of benzene rings is 2. The van der Waals surface area contributed by atoms with Crippen molar-refractivity contribution < 1.29 is 21.9 Å². The first-order valence-corrected chi connectivity index (χ1v) is 9.83. The molecule has 0 fully saturated rings. The second-order valence-corrected chi connectivity index (χ2v) is 8.30. The minimum Gasteiger partial charge on any atom is -0.497 e.